The molecule has 0 saturated heterocycles. The van der Waals surface area contributed by atoms with Crippen molar-refractivity contribution in [3.63, 3.8) is 0 Å². The standard InChI is InChI=1S/C19H17BrN4O2S/c1-26-9-8-24-18(25)15-10-13(20)5-6-16(15)22-19(24)27-12-14-11-23-7-3-2-4-17(23)21-14/h2-7,10-11H,8-9,12H2,1H3. The van der Waals surface area contributed by atoms with Gasteiger partial charge in [0.25, 0.3) is 5.56 Å². The number of fused-ring (bicyclic) bond motifs is 2. The molecule has 0 spiro atoms. The Hall–Kier alpha value is -2.16. The number of halogens is 1. The Morgan fingerprint density at radius 3 is 2.93 bits per heavy atom. The molecule has 0 aliphatic heterocycles. The molecule has 4 aromatic rings. The molecule has 0 radical (unpaired) electrons. The second kappa shape index (κ2) is 7.84. The summed E-state index contributed by atoms with van der Waals surface area (Å²) < 4.78 is 9.70. The number of imidazole rings is 1. The predicted molar refractivity (Wildman–Crippen MR) is 110 cm³/mol. The van der Waals surface area contributed by atoms with Gasteiger partial charge in [0.2, 0.25) is 0 Å². The van der Waals surface area contributed by atoms with Crippen LogP contribution >= 0.6 is 27.7 Å². The molecular formula is C19H17BrN4O2S. The lowest BCUT2D eigenvalue weighted by molar-refractivity contribution is 0.183. The van der Waals surface area contributed by atoms with Crippen molar-refractivity contribution < 1.29 is 4.74 Å². The molecule has 8 heteroatoms. The predicted octanol–water partition coefficient (Wildman–Crippen LogP) is 3.75. The summed E-state index contributed by atoms with van der Waals surface area (Å²) in [4.78, 5) is 22.3. The van der Waals surface area contributed by atoms with Gasteiger partial charge in [0, 0.05) is 29.7 Å². The van der Waals surface area contributed by atoms with Crippen molar-refractivity contribution in [3.05, 3.63) is 69.3 Å². The molecule has 0 amide bonds. The van der Waals surface area contributed by atoms with Crippen LogP contribution in [0, 0.1) is 0 Å². The number of pyridine rings is 1. The molecule has 0 saturated carbocycles. The van der Waals surface area contributed by atoms with Gasteiger partial charge in [-0.2, -0.15) is 0 Å². The van der Waals surface area contributed by atoms with E-state index in [1.807, 2.05) is 53.2 Å². The molecule has 3 heterocycles. The number of methoxy groups -OCH3 is 1. The second-order valence-corrected chi connectivity index (χ2v) is 7.85. The third-order valence-corrected chi connectivity index (χ3v) is 5.67. The van der Waals surface area contributed by atoms with Crippen LogP contribution in [0.5, 0.6) is 0 Å². The topological polar surface area (TPSA) is 61.4 Å². The average Bonchev–Trinajstić information content (AvgIpc) is 3.09. The summed E-state index contributed by atoms with van der Waals surface area (Å²) >= 11 is 4.93. The summed E-state index contributed by atoms with van der Waals surface area (Å²) in [5.74, 6) is 0.628. The van der Waals surface area contributed by atoms with Gasteiger partial charge in [-0.1, -0.05) is 33.8 Å². The number of aromatic nitrogens is 4. The van der Waals surface area contributed by atoms with Gasteiger partial charge >= 0.3 is 0 Å². The Bertz CT molecular complexity index is 1140. The molecule has 0 fully saturated rings. The fourth-order valence-corrected chi connectivity index (χ4v) is 4.13. The second-order valence-electron chi connectivity index (χ2n) is 5.99. The van der Waals surface area contributed by atoms with Gasteiger partial charge in [-0.15, -0.1) is 0 Å². The van der Waals surface area contributed by atoms with E-state index in [4.69, 9.17) is 9.72 Å². The molecule has 0 aliphatic rings. The highest BCUT2D eigenvalue weighted by Crippen LogP contribution is 2.23. The minimum absolute atomic E-state index is 0.0594. The largest absolute Gasteiger partial charge is 0.383 e. The Labute approximate surface area is 168 Å². The number of thioether (sulfide) groups is 1. The van der Waals surface area contributed by atoms with Crippen molar-refractivity contribution in [2.24, 2.45) is 0 Å². The van der Waals surface area contributed by atoms with E-state index in [1.54, 1.807) is 11.7 Å². The molecule has 27 heavy (non-hydrogen) atoms. The minimum Gasteiger partial charge on any atom is -0.383 e. The zero-order valence-electron chi connectivity index (χ0n) is 14.6. The molecule has 0 N–H and O–H groups in total. The van der Waals surface area contributed by atoms with E-state index in [0.717, 1.165) is 15.8 Å². The van der Waals surface area contributed by atoms with Crippen LogP contribution in [0.15, 0.2) is 63.2 Å². The van der Waals surface area contributed by atoms with E-state index in [9.17, 15) is 4.79 Å². The molecule has 0 unspecified atom stereocenters. The number of hydrogen-bond donors (Lipinski definition) is 0. The summed E-state index contributed by atoms with van der Waals surface area (Å²) in [6.07, 6.45) is 3.97. The lowest BCUT2D eigenvalue weighted by Gasteiger charge is -2.12. The third-order valence-electron chi connectivity index (χ3n) is 4.16. The highest BCUT2D eigenvalue weighted by molar-refractivity contribution is 9.10. The highest BCUT2D eigenvalue weighted by atomic mass is 79.9. The van der Waals surface area contributed by atoms with Crippen LogP contribution in [0.4, 0.5) is 0 Å². The van der Waals surface area contributed by atoms with Gasteiger partial charge in [0.05, 0.1) is 29.7 Å². The Kier molecular flexibility index (Phi) is 5.29. The molecular weight excluding hydrogens is 428 g/mol. The van der Waals surface area contributed by atoms with Crippen molar-refractivity contribution in [1.82, 2.24) is 18.9 Å². The first-order valence-electron chi connectivity index (χ1n) is 8.40. The molecule has 0 aliphatic carbocycles. The summed E-state index contributed by atoms with van der Waals surface area (Å²) in [7, 11) is 1.62. The molecule has 0 bridgehead atoms. The van der Waals surface area contributed by atoms with Gasteiger partial charge in [-0.3, -0.25) is 9.36 Å². The molecule has 0 atom stereocenters. The number of ether oxygens (including phenoxy) is 1. The number of benzene rings is 1. The van der Waals surface area contributed by atoms with Crippen molar-refractivity contribution in [2.45, 2.75) is 17.5 Å². The zero-order chi connectivity index (χ0) is 18.8. The van der Waals surface area contributed by atoms with E-state index < -0.39 is 0 Å². The minimum atomic E-state index is -0.0594. The Morgan fingerprint density at radius 2 is 2.11 bits per heavy atom. The van der Waals surface area contributed by atoms with Crippen LogP contribution in [0.1, 0.15) is 5.69 Å². The van der Waals surface area contributed by atoms with Gasteiger partial charge in [0.1, 0.15) is 5.65 Å². The Morgan fingerprint density at radius 1 is 1.22 bits per heavy atom. The van der Waals surface area contributed by atoms with E-state index in [0.29, 0.717) is 35.0 Å². The van der Waals surface area contributed by atoms with E-state index in [-0.39, 0.29) is 5.56 Å². The normalized spacial score (nSPS) is 11.5. The first-order valence-corrected chi connectivity index (χ1v) is 10.2. The maximum atomic E-state index is 13.0. The number of rotatable bonds is 6. The van der Waals surface area contributed by atoms with Crippen LogP contribution in [0.3, 0.4) is 0 Å². The summed E-state index contributed by atoms with van der Waals surface area (Å²) in [5.41, 5.74) is 2.47. The molecule has 138 valence electrons. The molecule has 3 aromatic heterocycles. The van der Waals surface area contributed by atoms with Gasteiger partial charge in [0.15, 0.2) is 5.16 Å². The van der Waals surface area contributed by atoms with Crippen molar-refractivity contribution in [3.8, 4) is 0 Å². The first kappa shape index (κ1) is 18.2. The molecule has 1 aromatic carbocycles. The Balaban J connectivity index is 1.70. The highest BCUT2D eigenvalue weighted by Gasteiger charge is 2.13. The van der Waals surface area contributed by atoms with Crippen LogP contribution in [0.25, 0.3) is 16.6 Å². The van der Waals surface area contributed by atoms with Gasteiger partial charge in [-0.25, -0.2) is 9.97 Å². The summed E-state index contributed by atoms with van der Waals surface area (Å²) in [6, 6.07) is 11.5. The lowest BCUT2D eigenvalue weighted by atomic mass is 10.2. The SMILES string of the molecule is COCCn1c(SCc2cn3ccccc3n2)nc2ccc(Br)cc2c1=O. The quantitative estimate of drug-likeness (QED) is 0.334. The first-order chi connectivity index (χ1) is 13.2. The van der Waals surface area contributed by atoms with Crippen molar-refractivity contribution in [2.75, 3.05) is 13.7 Å². The van der Waals surface area contributed by atoms with Crippen LogP contribution in [-0.4, -0.2) is 32.7 Å². The zero-order valence-corrected chi connectivity index (χ0v) is 17.0. The van der Waals surface area contributed by atoms with E-state index in [2.05, 4.69) is 20.9 Å². The smallest absolute Gasteiger partial charge is 0.262 e. The van der Waals surface area contributed by atoms with Crippen molar-refractivity contribution >= 4 is 44.2 Å². The monoisotopic (exact) mass is 444 g/mol. The van der Waals surface area contributed by atoms with E-state index >= 15 is 0 Å². The maximum absolute atomic E-state index is 13.0. The fraction of sp³-hybridized carbons (Fsp3) is 0.211. The van der Waals surface area contributed by atoms with Crippen LogP contribution < -0.4 is 5.56 Å². The summed E-state index contributed by atoms with van der Waals surface area (Å²) in [6.45, 7) is 0.904. The summed E-state index contributed by atoms with van der Waals surface area (Å²) in [5, 5.41) is 1.27. The number of nitrogens with zero attached hydrogens (tertiary/aromatic N) is 4. The van der Waals surface area contributed by atoms with Crippen molar-refractivity contribution in [1.29, 1.82) is 0 Å². The van der Waals surface area contributed by atoms with Crippen LogP contribution in [-0.2, 0) is 17.0 Å². The van der Waals surface area contributed by atoms with Gasteiger partial charge < -0.3 is 9.14 Å². The van der Waals surface area contributed by atoms with Gasteiger partial charge in [-0.05, 0) is 30.3 Å². The number of hydrogen-bond acceptors (Lipinski definition) is 5. The molecule has 4 rings (SSSR count). The third kappa shape index (κ3) is 3.78. The average molecular weight is 445 g/mol. The molecule has 6 nitrogen and oxygen atoms in total. The van der Waals surface area contributed by atoms with E-state index in [1.165, 1.54) is 11.8 Å². The van der Waals surface area contributed by atoms with Crippen LogP contribution in [0.2, 0.25) is 0 Å². The fourth-order valence-electron chi connectivity index (χ4n) is 2.86. The lowest BCUT2D eigenvalue weighted by Crippen LogP contribution is -2.25. The maximum Gasteiger partial charge on any atom is 0.262 e.